The van der Waals surface area contributed by atoms with Gasteiger partial charge in [0.1, 0.15) is 0 Å². The lowest BCUT2D eigenvalue weighted by molar-refractivity contribution is -0.134. The van der Waals surface area contributed by atoms with Crippen molar-refractivity contribution in [3.63, 3.8) is 0 Å². The Labute approximate surface area is 161 Å². The Morgan fingerprint density at radius 2 is 2.07 bits per heavy atom. The van der Waals surface area contributed by atoms with Crippen molar-refractivity contribution in [3.8, 4) is 11.5 Å². The molecule has 8 heteroatoms. The van der Waals surface area contributed by atoms with Crippen LogP contribution in [0.4, 0.5) is 5.13 Å². The van der Waals surface area contributed by atoms with Gasteiger partial charge < -0.3 is 19.7 Å². The van der Waals surface area contributed by atoms with Crippen molar-refractivity contribution in [1.82, 2.24) is 9.88 Å². The maximum atomic E-state index is 12.5. The summed E-state index contributed by atoms with van der Waals surface area (Å²) in [5.74, 6) is 1.28. The van der Waals surface area contributed by atoms with Crippen LogP contribution >= 0.6 is 11.3 Å². The SMILES string of the molecule is COc1ccccc1OCC(=O)N1CCc2nc(NC(=O)C3CC3)sc2C1. The first-order valence-corrected chi connectivity index (χ1v) is 9.78. The van der Waals surface area contributed by atoms with E-state index in [9.17, 15) is 9.59 Å². The summed E-state index contributed by atoms with van der Waals surface area (Å²) in [6, 6.07) is 7.26. The van der Waals surface area contributed by atoms with Crippen molar-refractivity contribution in [2.75, 3.05) is 25.6 Å². The second-order valence-corrected chi connectivity index (χ2v) is 7.74. The highest BCUT2D eigenvalue weighted by Crippen LogP contribution is 2.33. The summed E-state index contributed by atoms with van der Waals surface area (Å²) in [6.45, 7) is 1.06. The summed E-state index contributed by atoms with van der Waals surface area (Å²) in [7, 11) is 1.57. The minimum Gasteiger partial charge on any atom is -0.493 e. The van der Waals surface area contributed by atoms with Crippen molar-refractivity contribution < 1.29 is 19.1 Å². The molecule has 2 amide bonds. The number of aromatic nitrogens is 1. The number of ether oxygens (including phenoxy) is 2. The van der Waals surface area contributed by atoms with E-state index in [1.54, 1.807) is 24.1 Å². The lowest BCUT2D eigenvalue weighted by Crippen LogP contribution is -2.38. The van der Waals surface area contributed by atoms with Crippen molar-refractivity contribution in [2.24, 2.45) is 5.92 Å². The molecule has 1 aliphatic carbocycles. The van der Waals surface area contributed by atoms with Crippen LogP contribution in [0.25, 0.3) is 0 Å². The van der Waals surface area contributed by atoms with Gasteiger partial charge in [0.25, 0.3) is 5.91 Å². The van der Waals surface area contributed by atoms with E-state index < -0.39 is 0 Å². The molecule has 0 atom stereocenters. The van der Waals surface area contributed by atoms with Gasteiger partial charge in [0, 0.05) is 23.8 Å². The van der Waals surface area contributed by atoms with E-state index in [0.29, 0.717) is 36.1 Å². The second-order valence-electron chi connectivity index (χ2n) is 6.66. The van der Waals surface area contributed by atoms with Crippen LogP contribution in [0.15, 0.2) is 24.3 Å². The molecule has 2 aliphatic rings. The van der Waals surface area contributed by atoms with Gasteiger partial charge in [-0.2, -0.15) is 0 Å². The van der Waals surface area contributed by atoms with Gasteiger partial charge in [-0.25, -0.2) is 4.98 Å². The van der Waals surface area contributed by atoms with Crippen molar-refractivity contribution in [1.29, 1.82) is 0 Å². The van der Waals surface area contributed by atoms with Crippen LogP contribution in [0, 0.1) is 5.92 Å². The van der Waals surface area contributed by atoms with Crippen LogP contribution in [0.3, 0.4) is 0 Å². The molecule has 1 aliphatic heterocycles. The highest BCUT2D eigenvalue weighted by atomic mass is 32.1. The molecule has 7 nitrogen and oxygen atoms in total. The Kier molecular flexibility index (Phi) is 4.98. The van der Waals surface area contributed by atoms with Gasteiger partial charge in [-0.15, -0.1) is 0 Å². The zero-order valence-corrected chi connectivity index (χ0v) is 15.9. The highest BCUT2D eigenvalue weighted by molar-refractivity contribution is 7.15. The Hall–Kier alpha value is -2.61. The van der Waals surface area contributed by atoms with Gasteiger partial charge in [0.05, 0.1) is 19.3 Å². The third-order valence-corrected chi connectivity index (χ3v) is 5.68. The lowest BCUT2D eigenvalue weighted by atomic mass is 10.2. The molecule has 1 fully saturated rings. The predicted molar refractivity (Wildman–Crippen MR) is 101 cm³/mol. The fraction of sp³-hybridized carbons (Fsp3) is 0.421. The van der Waals surface area contributed by atoms with Gasteiger partial charge in [-0.05, 0) is 25.0 Å². The molecule has 2 aromatic rings. The first-order chi connectivity index (χ1) is 13.1. The zero-order chi connectivity index (χ0) is 18.8. The monoisotopic (exact) mass is 387 g/mol. The number of carbonyl (C=O) groups excluding carboxylic acids is 2. The van der Waals surface area contributed by atoms with E-state index in [0.717, 1.165) is 23.4 Å². The number of carbonyl (C=O) groups is 2. The van der Waals surface area contributed by atoms with E-state index in [2.05, 4.69) is 10.3 Å². The molecular formula is C19H21N3O4S. The van der Waals surface area contributed by atoms with E-state index in [1.807, 2.05) is 12.1 Å². The molecule has 0 saturated heterocycles. The zero-order valence-electron chi connectivity index (χ0n) is 15.1. The number of hydrogen-bond donors (Lipinski definition) is 1. The van der Waals surface area contributed by atoms with Crippen LogP contribution in [-0.2, 0) is 22.6 Å². The number of benzene rings is 1. The van der Waals surface area contributed by atoms with E-state index in [-0.39, 0.29) is 24.3 Å². The Balaban J connectivity index is 1.35. The number of thiazole rings is 1. The van der Waals surface area contributed by atoms with Gasteiger partial charge >= 0.3 is 0 Å². The third kappa shape index (κ3) is 4.05. The molecule has 1 N–H and O–H groups in total. The minimum absolute atomic E-state index is 0.0419. The normalized spacial score (nSPS) is 15.8. The van der Waals surface area contributed by atoms with Crippen molar-refractivity contribution in [3.05, 3.63) is 34.8 Å². The summed E-state index contributed by atoms with van der Waals surface area (Å²) in [4.78, 5) is 31.7. The molecule has 0 spiro atoms. The summed E-state index contributed by atoms with van der Waals surface area (Å²) in [5, 5.41) is 3.53. The Bertz CT molecular complexity index is 862. The molecule has 1 aromatic carbocycles. The maximum absolute atomic E-state index is 12.5. The standard InChI is InChI=1S/C19H21N3O4S/c1-25-14-4-2-3-5-15(14)26-11-17(23)22-9-8-13-16(10-22)27-19(20-13)21-18(24)12-6-7-12/h2-5,12H,6-11H2,1H3,(H,20,21,24). The molecule has 4 rings (SSSR count). The number of methoxy groups -OCH3 is 1. The molecule has 1 aromatic heterocycles. The summed E-state index contributed by atoms with van der Waals surface area (Å²) in [5.41, 5.74) is 0.973. The Morgan fingerprint density at radius 3 is 2.81 bits per heavy atom. The molecule has 0 bridgehead atoms. The summed E-state index contributed by atoms with van der Waals surface area (Å²) < 4.78 is 10.9. The number of rotatable bonds is 6. The smallest absolute Gasteiger partial charge is 0.260 e. The number of hydrogen-bond acceptors (Lipinski definition) is 6. The summed E-state index contributed by atoms with van der Waals surface area (Å²) in [6.07, 6.45) is 2.61. The molecule has 142 valence electrons. The lowest BCUT2D eigenvalue weighted by Gasteiger charge is -2.26. The van der Waals surface area contributed by atoms with E-state index >= 15 is 0 Å². The average molecular weight is 387 g/mol. The van der Waals surface area contributed by atoms with Crippen molar-refractivity contribution in [2.45, 2.75) is 25.8 Å². The third-order valence-electron chi connectivity index (χ3n) is 4.68. The van der Waals surface area contributed by atoms with E-state index in [4.69, 9.17) is 9.47 Å². The van der Waals surface area contributed by atoms with Crippen LogP contribution in [-0.4, -0.2) is 42.0 Å². The topological polar surface area (TPSA) is 80.8 Å². The molecule has 0 radical (unpaired) electrons. The first kappa shape index (κ1) is 17.8. The van der Waals surface area contributed by atoms with Gasteiger partial charge in [-0.1, -0.05) is 23.5 Å². The van der Waals surface area contributed by atoms with Gasteiger partial charge in [-0.3, -0.25) is 9.59 Å². The van der Waals surface area contributed by atoms with Crippen LogP contribution < -0.4 is 14.8 Å². The summed E-state index contributed by atoms with van der Waals surface area (Å²) >= 11 is 1.45. The number of para-hydroxylation sites is 2. The minimum atomic E-state index is -0.0801. The highest BCUT2D eigenvalue weighted by Gasteiger charge is 2.31. The van der Waals surface area contributed by atoms with Gasteiger partial charge in [0.2, 0.25) is 5.91 Å². The largest absolute Gasteiger partial charge is 0.493 e. The first-order valence-electron chi connectivity index (χ1n) is 8.97. The second kappa shape index (κ2) is 7.56. The maximum Gasteiger partial charge on any atom is 0.260 e. The number of anilines is 1. The van der Waals surface area contributed by atoms with Crippen molar-refractivity contribution >= 4 is 28.3 Å². The number of amides is 2. The van der Waals surface area contributed by atoms with Crippen LogP contribution in [0.1, 0.15) is 23.4 Å². The molecule has 0 unspecified atom stereocenters. The van der Waals surface area contributed by atoms with Crippen LogP contribution in [0.2, 0.25) is 0 Å². The number of nitrogens with zero attached hydrogens (tertiary/aromatic N) is 2. The molecule has 2 heterocycles. The predicted octanol–water partition coefficient (Wildman–Crippen LogP) is 2.46. The fourth-order valence-electron chi connectivity index (χ4n) is 2.98. The molecule has 27 heavy (non-hydrogen) atoms. The quantitative estimate of drug-likeness (QED) is 0.824. The van der Waals surface area contributed by atoms with E-state index in [1.165, 1.54) is 11.3 Å². The Morgan fingerprint density at radius 1 is 1.30 bits per heavy atom. The number of nitrogens with one attached hydrogen (secondary N) is 1. The van der Waals surface area contributed by atoms with Gasteiger partial charge in [0.15, 0.2) is 23.2 Å². The van der Waals surface area contributed by atoms with Crippen LogP contribution in [0.5, 0.6) is 11.5 Å². The molecular weight excluding hydrogens is 366 g/mol. The average Bonchev–Trinajstić information content (AvgIpc) is 3.46. The number of fused-ring (bicyclic) bond motifs is 1. The molecule has 1 saturated carbocycles. The fourth-order valence-corrected chi connectivity index (χ4v) is 4.01.